The van der Waals surface area contributed by atoms with Crippen LogP contribution >= 0.6 is 0 Å². The van der Waals surface area contributed by atoms with Crippen LogP contribution in [0, 0.1) is 11.8 Å². The number of carboxylic acid groups (broad SMARTS) is 1. The molecule has 0 aromatic heterocycles. The molecule has 1 aliphatic heterocycles. The molecule has 0 bridgehead atoms. The molecule has 0 radical (unpaired) electrons. The fourth-order valence-corrected chi connectivity index (χ4v) is 5.08. The van der Waals surface area contributed by atoms with E-state index in [1.165, 1.54) is 12.1 Å². The van der Waals surface area contributed by atoms with Gasteiger partial charge in [-0.25, -0.2) is 4.79 Å². The number of rotatable bonds is 6. The Kier molecular flexibility index (Phi) is 5.23. The van der Waals surface area contributed by atoms with Crippen molar-refractivity contribution < 1.29 is 27.9 Å². The number of piperidine rings is 1. The molecule has 2 aromatic rings. The normalized spacial score (nSPS) is 25.7. The first-order chi connectivity index (χ1) is 15.6. The smallest absolute Gasteiger partial charge is 0.416 e. The van der Waals surface area contributed by atoms with Crippen LogP contribution in [-0.2, 0) is 23.1 Å². The summed E-state index contributed by atoms with van der Waals surface area (Å²) in [5.41, 5.74) is 0.456. The van der Waals surface area contributed by atoms with E-state index in [1.807, 2.05) is 4.90 Å². The molecule has 33 heavy (non-hydrogen) atoms. The second-order valence-electron chi connectivity index (χ2n) is 9.59. The molecule has 1 heterocycles. The summed E-state index contributed by atoms with van der Waals surface area (Å²) in [5, 5.41) is 12.3. The summed E-state index contributed by atoms with van der Waals surface area (Å²) in [6.07, 6.45) is -1.08. The lowest BCUT2D eigenvalue weighted by molar-refractivity contribution is -0.137. The number of benzene rings is 2. The Labute approximate surface area is 189 Å². The van der Waals surface area contributed by atoms with Crippen molar-refractivity contribution in [1.82, 2.24) is 10.2 Å². The molecule has 2 saturated carbocycles. The zero-order chi connectivity index (χ0) is 23.4. The van der Waals surface area contributed by atoms with Crippen LogP contribution in [0.5, 0.6) is 0 Å². The van der Waals surface area contributed by atoms with E-state index < -0.39 is 23.2 Å². The first kappa shape index (κ1) is 21.9. The number of carbonyl (C=O) groups excluding carboxylic acids is 1. The molecular formula is C25H25F3N2O3. The van der Waals surface area contributed by atoms with Crippen LogP contribution in [0.1, 0.15) is 52.7 Å². The molecule has 0 spiro atoms. The highest BCUT2D eigenvalue weighted by atomic mass is 19.4. The number of aromatic carboxylic acids is 1. The van der Waals surface area contributed by atoms with Crippen LogP contribution in [0.15, 0.2) is 48.5 Å². The average Bonchev–Trinajstić information content (AvgIpc) is 3.69. The number of nitrogens with zero attached hydrogens (tertiary/aromatic N) is 1. The van der Waals surface area contributed by atoms with E-state index in [9.17, 15) is 22.8 Å². The third-order valence-electron chi connectivity index (χ3n) is 7.24. The Morgan fingerprint density at radius 2 is 1.79 bits per heavy atom. The summed E-state index contributed by atoms with van der Waals surface area (Å²) >= 11 is 0. The SMILES string of the molecule is O=C(O)c1ccc(C2(NC(=O)C3C[C@@H]4C[C@@H]4CN3Cc3cccc(C(F)(F)F)c3)CC2)cc1. The minimum absolute atomic E-state index is 0.105. The number of hydrogen-bond donors (Lipinski definition) is 2. The van der Waals surface area contributed by atoms with Gasteiger partial charge in [0.2, 0.25) is 5.91 Å². The van der Waals surface area contributed by atoms with Crippen molar-refractivity contribution >= 4 is 11.9 Å². The lowest BCUT2D eigenvalue weighted by Gasteiger charge is -2.35. The first-order valence-corrected chi connectivity index (χ1v) is 11.2. The highest BCUT2D eigenvalue weighted by Gasteiger charge is 2.51. The van der Waals surface area contributed by atoms with Gasteiger partial charge in [-0.05, 0) is 66.8 Å². The average molecular weight is 458 g/mol. The Morgan fingerprint density at radius 1 is 1.06 bits per heavy atom. The van der Waals surface area contributed by atoms with Crippen molar-refractivity contribution in [3.05, 3.63) is 70.8 Å². The molecule has 3 atom stereocenters. The van der Waals surface area contributed by atoms with Gasteiger partial charge in [0.05, 0.1) is 22.7 Å². The summed E-state index contributed by atoms with van der Waals surface area (Å²) in [6.45, 7) is 1.00. The number of likely N-dealkylation sites (tertiary alicyclic amines) is 1. The molecule has 5 nitrogen and oxygen atoms in total. The number of carboxylic acids is 1. The molecule has 174 valence electrons. The van der Waals surface area contributed by atoms with Gasteiger partial charge in [-0.1, -0.05) is 30.3 Å². The highest BCUT2D eigenvalue weighted by molar-refractivity contribution is 5.87. The molecule has 2 aromatic carbocycles. The number of carbonyl (C=O) groups is 2. The maximum Gasteiger partial charge on any atom is 0.416 e. The minimum atomic E-state index is -4.40. The monoisotopic (exact) mass is 458 g/mol. The van der Waals surface area contributed by atoms with Gasteiger partial charge < -0.3 is 10.4 Å². The van der Waals surface area contributed by atoms with Crippen LogP contribution in [0.2, 0.25) is 0 Å². The topological polar surface area (TPSA) is 69.6 Å². The van der Waals surface area contributed by atoms with E-state index in [1.54, 1.807) is 30.3 Å². The summed E-state index contributed by atoms with van der Waals surface area (Å²) < 4.78 is 39.4. The van der Waals surface area contributed by atoms with E-state index in [0.717, 1.165) is 30.9 Å². The molecular weight excluding hydrogens is 433 g/mol. The standard InChI is InChI=1S/C25H25F3N2O3/c26-25(27,28)20-3-1-2-15(10-20)13-30-14-18-11-17(18)12-21(30)22(31)29-24(8-9-24)19-6-4-16(5-7-19)23(32)33/h1-7,10,17-18,21H,8-9,11-14H2,(H,29,31)(H,32,33)/t17-,18+,21?/m0/s1. The van der Waals surface area contributed by atoms with Crippen LogP contribution in [0.3, 0.4) is 0 Å². The maximum absolute atomic E-state index is 13.4. The highest BCUT2D eigenvalue weighted by Crippen LogP contribution is 2.49. The second kappa shape index (κ2) is 7.87. The van der Waals surface area contributed by atoms with E-state index in [0.29, 0.717) is 36.9 Å². The molecule has 2 aliphatic carbocycles. The molecule has 1 unspecified atom stereocenters. The van der Waals surface area contributed by atoms with Crippen LogP contribution in [0.25, 0.3) is 0 Å². The van der Waals surface area contributed by atoms with E-state index in [2.05, 4.69) is 5.32 Å². The molecule has 3 aliphatic rings. The summed E-state index contributed by atoms with van der Waals surface area (Å²) in [4.78, 5) is 26.5. The van der Waals surface area contributed by atoms with Crippen LogP contribution < -0.4 is 5.32 Å². The summed E-state index contributed by atoms with van der Waals surface area (Å²) in [7, 11) is 0. The van der Waals surface area contributed by atoms with Crippen molar-refractivity contribution in [2.45, 2.75) is 50.0 Å². The molecule has 8 heteroatoms. The zero-order valence-corrected chi connectivity index (χ0v) is 17.9. The first-order valence-electron chi connectivity index (χ1n) is 11.2. The number of amides is 1. The van der Waals surface area contributed by atoms with Gasteiger partial charge in [-0.3, -0.25) is 9.69 Å². The predicted molar refractivity (Wildman–Crippen MR) is 114 cm³/mol. The Bertz CT molecular complexity index is 1080. The Morgan fingerprint density at radius 3 is 2.42 bits per heavy atom. The van der Waals surface area contributed by atoms with Gasteiger partial charge in [0.1, 0.15) is 0 Å². The van der Waals surface area contributed by atoms with Crippen molar-refractivity contribution in [3.8, 4) is 0 Å². The zero-order valence-electron chi connectivity index (χ0n) is 17.9. The molecule has 5 rings (SSSR count). The van der Waals surface area contributed by atoms with E-state index >= 15 is 0 Å². The summed E-state index contributed by atoms with van der Waals surface area (Å²) in [6, 6.07) is 11.5. The van der Waals surface area contributed by atoms with Crippen molar-refractivity contribution in [1.29, 1.82) is 0 Å². The quantitative estimate of drug-likeness (QED) is 0.673. The van der Waals surface area contributed by atoms with Gasteiger partial charge in [-0.15, -0.1) is 0 Å². The van der Waals surface area contributed by atoms with Crippen LogP contribution in [-0.4, -0.2) is 34.5 Å². The molecule has 3 fully saturated rings. The lowest BCUT2D eigenvalue weighted by atomic mass is 9.97. The number of hydrogen-bond acceptors (Lipinski definition) is 3. The lowest BCUT2D eigenvalue weighted by Crippen LogP contribution is -2.52. The number of alkyl halides is 3. The number of halogens is 3. The minimum Gasteiger partial charge on any atom is -0.478 e. The molecule has 2 N–H and O–H groups in total. The largest absolute Gasteiger partial charge is 0.478 e. The van der Waals surface area contributed by atoms with Gasteiger partial charge in [-0.2, -0.15) is 13.2 Å². The van der Waals surface area contributed by atoms with Crippen molar-refractivity contribution in [2.75, 3.05) is 6.54 Å². The summed E-state index contributed by atoms with van der Waals surface area (Å²) in [5.74, 6) is -0.0872. The Balaban J connectivity index is 1.32. The van der Waals surface area contributed by atoms with Gasteiger partial charge in [0.15, 0.2) is 0 Å². The fraction of sp³-hybridized carbons (Fsp3) is 0.440. The maximum atomic E-state index is 13.4. The van der Waals surface area contributed by atoms with Gasteiger partial charge in [0.25, 0.3) is 0 Å². The fourth-order valence-electron chi connectivity index (χ4n) is 5.08. The van der Waals surface area contributed by atoms with Crippen molar-refractivity contribution in [2.24, 2.45) is 11.8 Å². The van der Waals surface area contributed by atoms with Gasteiger partial charge >= 0.3 is 12.1 Å². The molecule has 1 saturated heterocycles. The second-order valence-corrected chi connectivity index (χ2v) is 9.59. The molecule has 1 amide bonds. The number of fused-ring (bicyclic) bond motifs is 1. The van der Waals surface area contributed by atoms with E-state index in [4.69, 9.17) is 5.11 Å². The Hall–Kier alpha value is -2.87. The van der Waals surface area contributed by atoms with Crippen molar-refractivity contribution in [3.63, 3.8) is 0 Å². The number of nitrogens with one attached hydrogen (secondary N) is 1. The van der Waals surface area contributed by atoms with Gasteiger partial charge in [0, 0.05) is 13.1 Å². The van der Waals surface area contributed by atoms with E-state index in [-0.39, 0.29) is 17.5 Å². The predicted octanol–water partition coefficient (Wildman–Crippen LogP) is 4.42. The van der Waals surface area contributed by atoms with Crippen LogP contribution in [0.4, 0.5) is 13.2 Å². The third-order valence-corrected chi connectivity index (χ3v) is 7.24. The third kappa shape index (κ3) is 4.49.